The highest BCUT2D eigenvalue weighted by atomic mass is 16.2. The lowest BCUT2D eigenvalue weighted by Crippen LogP contribution is -2.46. The molecule has 0 aliphatic carbocycles. The Labute approximate surface area is 182 Å². The lowest BCUT2D eigenvalue weighted by atomic mass is 10.1. The van der Waals surface area contributed by atoms with Gasteiger partial charge in [0.05, 0.1) is 0 Å². The van der Waals surface area contributed by atoms with Crippen LogP contribution in [0.25, 0.3) is 0 Å². The largest absolute Gasteiger partial charge is 0.356 e. The van der Waals surface area contributed by atoms with E-state index in [4.69, 9.17) is 0 Å². The quantitative estimate of drug-likeness (QED) is 0.482. The molecule has 0 spiro atoms. The molecule has 166 valence electrons. The zero-order valence-corrected chi connectivity index (χ0v) is 18.9. The molecule has 30 heavy (non-hydrogen) atoms. The van der Waals surface area contributed by atoms with E-state index in [-0.39, 0.29) is 5.91 Å². The van der Waals surface area contributed by atoms with Gasteiger partial charge < -0.3 is 15.5 Å². The Morgan fingerprint density at radius 1 is 1.20 bits per heavy atom. The maximum atomic E-state index is 12.4. The van der Waals surface area contributed by atoms with Crippen LogP contribution in [0.5, 0.6) is 0 Å². The normalized spacial score (nSPS) is 22.9. The fourth-order valence-corrected chi connectivity index (χ4v) is 4.63. The number of nitrogens with one attached hydrogen (secondary N) is 2. The second kappa shape index (κ2) is 11.3. The third-order valence-corrected chi connectivity index (χ3v) is 6.19. The summed E-state index contributed by atoms with van der Waals surface area (Å²) in [5.41, 5.74) is 1.29. The second-order valence-corrected chi connectivity index (χ2v) is 9.16. The summed E-state index contributed by atoms with van der Waals surface area (Å²) < 4.78 is 0. The lowest BCUT2D eigenvalue weighted by molar-refractivity contribution is -0.127. The molecule has 6 heteroatoms. The Morgan fingerprint density at radius 2 is 1.97 bits per heavy atom. The van der Waals surface area contributed by atoms with Gasteiger partial charge >= 0.3 is 0 Å². The standard InChI is InChI=1S/C24H39N5O/c1-19(2)17-28-12-7-10-22(28)16-27-24(25-3)26-15-21-14-23(30)29(18-21)13-11-20-8-5-4-6-9-20/h4-6,8-9,19,21-22H,7,10-18H2,1-3H3,(H2,25,26,27)/t21?,22-/m1/s1. The molecule has 2 aliphatic rings. The molecule has 2 heterocycles. The number of likely N-dealkylation sites (tertiary alicyclic amines) is 2. The fourth-order valence-electron chi connectivity index (χ4n) is 4.63. The first-order chi connectivity index (χ1) is 14.5. The van der Waals surface area contributed by atoms with Crippen LogP contribution in [0.1, 0.15) is 38.7 Å². The van der Waals surface area contributed by atoms with Crippen LogP contribution in [0.3, 0.4) is 0 Å². The van der Waals surface area contributed by atoms with Gasteiger partial charge in [0, 0.05) is 58.2 Å². The highest BCUT2D eigenvalue weighted by Gasteiger charge is 2.29. The van der Waals surface area contributed by atoms with Crippen molar-refractivity contribution in [2.45, 2.75) is 45.6 Å². The van der Waals surface area contributed by atoms with Gasteiger partial charge in [-0.2, -0.15) is 0 Å². The molecule has 2 saturated heterocycles. The fraction of sp³-hybridized carbons (Fsp3) is 0.667. The van der Waals surface area contributed by atoms with Crippen LogP contribution >= 0.6 is 0 Å². The van der Waals surface area contributed by atoms with Gasteiger partial charge in [0.25, 0.3) is 0 Å². The molecule has 3 rings (SSSR count). The van der Waals surface area contributed by atoms with E-state index in [1.54, 1.807) is 0 Å². The number of nitrogens with zero attached hydrogens (tertiary/aromatic N) is 3. The molecule has 0 aromatic heterocycles. The van der Waals surface area contributed by atoms with Crippen molar-refractivity contribution in [1.29, 1.82) is 0 Å². The van der Waals surface area contributed by atoms with E-state index in [9.17, 15) is 4.79 Å². The number of aliphatic imine (C=N–C) groups is 1. The first-order valence-electron chi connectivity index (χ1n) is 11.6. The molecule has 6 nitrogen and oxygen atoms in total. The first kappa shape index (κ1) is 22.6. The van der Waals surface area contributed by atoms with Gasteiger partial charge in [0.15, 0.2) is 5.96 Å². The van der Waals surface area contributed by atoms with Crippen LogP contribution in [-0.4, -0.2) is 74.0 Å². The van der Waals surface area contributed by atoms with Gasteiger partial charge in [-0.05, 0) is 37.3 Å². The SMILES string of the molecule is CN=C(NCC1CC(=O)N(CCc2ccccc2)C1)NC[C@H]1CCCN1CC(C)C. The van der Waals surface area contributed by atoms with E-state index in [0.29, 0.717) is 24.3 Å². The summed E-state index contributed by atoms with van der Waals surface area (Å²) in [6.07, 6.45) is 4.09. The summed E-state index contributed by atoms with van der Waals surface area (Å²) >= 11 is 0. The van der Waals surface area contributed by atoms with Crippen molar-refractivity contribution >= 4 is 11.9 Å². The molecule has 2 atom stereocenters. The van der Waals surface area contributed by atoms with Gasteiger partial charge in [-0.3, -0.25) is 14.7 Å². The van der Waals surface area contributed by atoms with Crippen molar-refractivity contribution in [3.63, 3.8) is 0 Å². The number of hydrogen-bond acceptors (Lipinski definition) is 3. The zero-order valence-electron chi connectivity index (χ0n) is 18.9. The molecule has 2 N–H and O–H groups in total. The molecule has 0 bridgehead atoms. The monoisotopic (exact) mass is 413 g/mol. The summed E-state index contributed by atoms with van der Waals surface area (Å²) in [7, 11) is 1.82. The van der Waals surface area contributed by atoms with Crippen molar-refractivity contribution in [3.8, 4) is 0 Å². The number of amides is 1. The van der Waals surface area contributed by atoms with Crippen molar-refractivity contribution in [3.05, 3.63) is 35.9 Å². The number of carbonyl (C=O) groups excluding carboxylic acids is 1. The maximum absolute atomic E-state index is 12.4. The van der Waals surface area contributed by atoms with Crippen molar-refractivity contribution in [2.75, 3.05) is 46.3 Å². The predicted molar refractivity (Wildman–Crippen MR) is 124 cm³/mol. The molecule has 1 unspecified atom stereocenters. The van der Waals surface area contributed by atoms with Crippen molar-refractivity contribution in [2.24, 2.45) is 16.8 Å². The van der Waals surface area contributed by atoms with Gasteiger partial charge in [-0.15, -0.1) is 0 Å². The van der Waals surface area contributed by atoms with E-state index >= 15 is 0 Å². The van der Waals surface area contributed by atoms with Gasteiger partial charge in [-0.1, -0.05) is 44.2 Å². The van der Waals surface area contributed by atoms with E-state index in [0.717, 1.165) is 38.6 Å². The van der Waals surface area contributed by atoms with Crippen LogP contribution in [0, 0.1) is 11.8 Å². The number of rotatable bonds is 9. The maximum Gasteiger partial charge on any atom is 0.223 e. The molecule has 2 fully saturated rings. The molecule has 0 radical (unpaired) electrons. The average Bonchev–Trinajstić information content (AvgIpc) is 3.32. The molecule has 0 saturated carbocycles. The van der Waals surface area contributed by atoms with Crippen LogP contribution in [0.15, 0.2) is 35.3 Å². The molecule has 1 aromatic carbocycles. The van der Waals surface area contributed by atoms with Crippen LogP contribution in [-0.2, 0) is 11.2 Å². The summed E-state index contributed by atoms with van der Waals surface area (Å²) in [5, 5.41) is 6.95. The third kappa shape index (κ3) is 6.73. The first-order valence-corrected chi connectivity index (χ1v) is 11.6. The highest BCUT2D eigenvalue weighted by Crippen LogP contribution is 2.19. The van der Waals surface area contributed by atoms with E-state index < -0.39 is 0 Å². The zero-order chi connectivity index (χ0) is 21.3. The number of benzene rings is 1. The Morgan fingerprint density at radius 3 is 2.70 bits per heavy atom. The Balaban J connectivity index is 1.38. The minimum absolute atomic E-state index is 0.274. The van der Waals surface area contributed by atoms with Gasteiger partial charge in [0.2, 0.25) is 5.91 Å². The summed E-state index contributed by atoms with van der Waals surface area (Å²) in [6, 6.07) is 11.0. The summed E-state index contributed by atoms with van der Waals surface area (Å²) in [5.74, 6) is 2.17. The van der Waals surface area contributed by atoms with E-state index in [1.807, 2.05) is 18.0 Å². The minimum atomic E-state index is 0.274. The third-order valence-electron chi connectivity index (χ3n) is 6.19. The van der Waals surface area contributed by atoms with Crippen molar-refractivity contribution < 1.29 is 4.79 Å². The topological polar surface area (TPSA) is 60.0 Å². The molecule has 1 aromatic rings. The number of carbonyl (C=O) groups is 1. The smallest absolute Gasteiger partial charge is 0.223 e. The second-order valence-electron chi connectivity index (χ2n) is 9.16. The molecular weight excluding hydrogens is 374 g/mol. The van der Waals surface area contributed by atoms with Crippen LogP contribution in [0.2, 0.25) is 0 Å². The molecular formula is C24H39N5O. The van der Waals surface area contributed by atoms with E-state index in [1.165, 1.54) is 31.5 Å². The predicted octanol–water partition coefficient (Wildman–Crippen LogP) is 2.36. The number of guanidine groups is 1. The minimum Gasteiger partial charge on any atom is -0.356 e. The van der Waals surface area contributed by atoms with Gasteiger partial charge in [-0.25, -0.2) is 0 Å². The van der Waals surface area contributed by atoms with Crippen LogP contribution in [0.4, 0.5) is 0 Å². The Hall–Kier alpha value is -2.08. The lowest BCUT2D eigenvalue weighted by Gasteiger charge is -2.27. The van der Waals surface area contributed by atoms with Gasteiger partial charge in [0.1, 0.15) is 0 Å². The summed E-state index contributed by atoms with van der Waals surface area (Å²) in [4.78, 5) is 21.4. The Bertz CT molecular complexity index is 690. The van der Waals surface area contributed by atoms with E-state index in [2.05, 4.69) is 58.6 Å². The molecule has 2 aliphatic heterocycles. The average molecular weight is 414 g/mol. The highest BCUT2D eigenvalue weighted by molar-refractivity contribution is 5.80. The van der Waals surface area contributed by atoms with Crippen LogP contribution < -0.4 is 10.6 Å². The summed E-state index contributed by atoms with van der Waals surface area (Å²) in [6.45, 7) is 10.3. The number of hydrogen-bond donors (Lipinski definition) is 2. The van der Waals surface area contributed by atoms with Crippen molar-refractivity contribution in [1.82, 2.24) is 20.4 Å². The Kier molecular flexibility index (Phi) is 8.55. The molecule has 1 amide bonds.